The fourth-order valence-electron chi connectivity index (χ4n) is 2.90. The molecule has 1 aromatic heterocycles. The van der Waals surface area contributed by atoms with Crippen molar-refractivity contribution >= 4 is 5.97 Å². The number of alkyl halides is 3. The van der Waals surface area contributed by atoms with Crippen LogP contribution in [0, 0.1) is 12.7 Å². The van der Waals surface area contributed by atoms with Gasteiger partial charge in [0.15, 0.2) is 0 Å². The van der Waals surface area contributed by atoms with Crippen LogP contribution in [-0.2, 0) is 30.6 Å². The number of fused-ring (bicyclic) bond motifs is 1. The van der Waals surface area contributed by atoms with Crippen LogP contribution in [0.3, 0.4) is 0 Å². The van der Waals surface area contributed by atoms with Gasteiger partial charge in [-0.25, -0.2) is 4.39 Å². The maximum Gasteiger partial charge on any atom is 0.416 e. The summed E-state index contributed by atoms with van der Waals surface area (Å²) in [5.41, 5.74) is -1.06. The number of hydrogen-bond donors (Lipinski definition) is 1. The predicted molar refractivity (Wildman–Crippen MR) is 76.8 cm³/mol. The van der Waals surface area contributed by atoms with Crippen molar-refractivity contribution in [3.05, 3.63) is 46.8 Å². The summed E-state index contributed by atoms with van der Waals surface area (Å²) in [4.78, 5) is 13.0. The van der Waals surface area contributed by atoms with Gasteiger partial charge in [-0.3, -0.25) is 9.69 Å². The van der Waals surface area contributed by atoms with Gasteiger partial charge >= 0.3 is 12.1 Å². The van der Waals surface area contributed by atoms with Crippen molar-refractivity contribution < 1.29 is 27.5 Å². The molecule has 2 heterocycles. The maximum atomic E-state index is 13.5. The number of rotatable bonds is 3. The molecule has 1 aliphatic heterocycles. The molecule has 6 nitrogen and oxygen atoms in total. The van der Waals surface area contributed by atoms with E-state index in [4.69, 9.17) is 0 Å². The van der Waals surface area contributed by atoms with Crippen molar-refractivity contribution in [2.75, 3.05) is 0 Å². The van der Waals surface area contributed by atoms with E-state index in [0.29, 0.717) is 17.7 Å². The smallest absolute Gasteiger partial charge is 0.416 e. The second-order valence-corrected chi connectivity index (χ2v) is 5.88. The number of carboxylic acid groups (broad SMARTS) is 1. The summed E-state index contributed by atoms with van der Waals surface area (Å²) in [6, 6.07) is 1.24. The Morgan fingerprint density at radius 3 is 2.68 bits per heavy atom. The minimum absolute atomic E-state index is 0.0447. The fraction of sp³-hybridized carbons (Fsp3) is 0.400. The minimum Gasteiger partial charge on any atom is -0.480 e. The number of halogens is 4. The predicted octanol–water partition coefficient (Wildman–Crippen LogP) is 2.21. The Morgan fingerprint density at radius 2 is 2.04 bits per heavy atom. The summed E-state index contributed by atoms with van der Waals surface area (Å²) < 4.78 is 53.7. The third-order valence-electron chi connectivity index (χ3n) is 4.11. The maximum absolute atomic E-state index is 13.5. The van der Waals surface area contributed by atoms with Crippen LogP contribution in [0.4, 0.5) is 17.6 Å². The van der Waals surface area contributed by atoms with E-state index in [1.165, 1.54) is 4.90 Å². The topological polar surface area (TPSA) is 71.2 Å². The summed E-state index contributed by atoms with van der Waals surface area (Å²) in [5.74, 6) is -1.06. The molecule has 1 N–H and O–H groups in total. The second-order valence-electron chi connectivity index (χ2n) is 5.88. The highest BCUT2D eigenvalue weighted by atomic mass is 19.4. The summed E-state index contributed by atoms with van der Waals surface area (Å²) in [6.45, 7) is 1.71. The number of carboxylic acids is 1. The lowest BCUT2D eigenvalue weighted by molar-refractivity contribution is -0.145. The lowest BCUT2D eigenvalue weighted by Crippen LogP contribution is -2.47. The highest BCUT2D eigenvalue weighted by Crippen LogP contribution is 2.31. The van der Waals surface area contributed by atoms with Crippen LogP contribution in [0.1, 0.15) is 22.8 Å². The third kappa shape index (κ3) is 3.48. The first-order valence-corrected chi connectivity index (χ1v) is 7.37. The molecule has 1 atom stereocenters. The van der Waals surface area contributed by atoms with Crippen LogP contribution < -0.4 is 0 Å². The van der Waals surface area contributed by atoms with E-state index in [1.807, 2.05) is 0 Å². The van der Waals surface area contributed by atoms with Crippen LogP contribution >= 0.6 is 0 Å². The monoisotopic (exact) mass is 358 g/mol. The van der Waals surface area contributed by atoms with Crippen molar-refractivity contribution in [3.8, 4) is 0 Å². The fourth-order valence-corrected chi connectivity index (χ4v) is 2.90. The average molecular weight is 358 g/mol. The molecule has 1 aromatic carbocycles. The molecule has 1 aliphatic rings. The molecule has 0 aliphatic carbocycles. The molecule has 10 heteroatoms. The van der Waals surface area contributed by atoms with Gasteiger partial charge in [-0.05, 0) is 30.7 Å². The van der Waals surface area contributed by atoms with Gasteiger partial charge in [0.2, 0.25) is 0 Å². The Balaban J connectivity index is 1.91. The van der Waals surface area contributed by atoms with Crippen molar-refractivity contribution in [3.63, 3.8) is 0 Å². The van der Waals surface area contributed by atoms with Crippen molar-refractivity contribution in [2.24, 2.45) is 0 Å². The Kier molecular flexibility index (Phi) is 4.23. The van der Waals surface area contributed by atoms with E-state index in [1.54, 1.807) is 11.5 Å². The van der Waals surface area contributed by atoms with E-state index >= 15 is 0 Å². The van der Waals surface area contributed by atoms with Crippen LogP contribution in [0.15, 0.2) is 18.2 Å². The number of aryl methyl sites for hydroxylation is 1. The van der Waals surface area contributed by atoms with Crippen LogP contribution in [0.5, 0.6) is 0 Å². The molecule has 0 saturated carbocycles. The lowest BCUT2D eigenvalue weighted by atomic mass is 10.1. The van der Waals surface area contributed by atoms with Gasteiger partial charge in [-0.1, -0.05) is 0 Å². The number of aliphatic carboxylic acids is 1. The molecule has 1 unspecified atom stereocenters. The molecule has 0 spiro atoms. The average Bonchev–Trinajstić information content (AvgIpc) is 2.85. The standard InChI is InChI=1S/C15H14F4N4O2/c1-8-20-21-13-7-22(12(14(24)25)6-23(8)13)5-9-2-10(15(17,18)19)4-11(16)3-9/h2-4,12H,5-7H2,1H3,(H,24,25). The molecule has 0 bridgehead atoms. The van der Waals surface area contributed by atoms with Gasteiger partial charge in [0.05, 0.1) is 18.7 Å². The second kappa shape index (κ2) is 6.10. The molecule has 0 amide bonds. The largest absolute Gasteiger partial charge is 0.480 e. The van der Waals surface area contributed by atoms with Gasteiger partial charge < -0.3 is 9.67 Å². The quantitative estimate of drug-likeness (QED) is 0.852. The molecule has 25 heavy (non-hydrogen) atoms. The van der Waals surface area contributed by atoms with Crippen molar-refractivity contribution in [1.82, 2.24) is 19.7 Å². The number of benzene rings is 1. The first kappa shape index (κ1) is 17.3. The zero-order chi connectivity index (χ0) is 18.4. The minimum atomic E-state index is -4.68. The molecule has 134 valence electrons. The number of nitrogens with zero attached hydrogens (tertiary/aromatic N) is 4. The van der Waals surface area contributed by atoms with E-state index in [2.05, 4.69) is 10.2 Å². The summed E-state index contributed by atoms with van der Waals surface area (Å²) >= 11 is 0. The van der Waals surface area contributed by atoms with Gasteiger partial charge in [-0.15, -0.1) is 10.2 Å². The highest BCUT2D eigenvalue weighted by Gasteiger charge is 2.35. The molecular formula is C15H14F4N4O2. The number of carbonyl (C=O) groups is 1. The normalized spacial score (nSPS) is 18.2. The van der Waals surface area contributed by atoms with Gasteiger partial charge in [0.1, 0.15) is 23.5 Å². The van der Waals surface area contributed by atoms with Crippen molar-refractivity contribution in [2.45, 2.75) is 38.8 Å². The zero-order valence-corrected chi connectivity index (χ0v) is 13.1. The lowest BCUT2D eigenvalue weighted by Gasteiger charge is -2.33. The zero-order valence-electron chi connectivity index (χ0n) is 13.1. The SMILES string of the molecule is Cc1nnc2n1CC(C(=O)O)N(Cc1cc(F)cc(C(F)(F)F)c1)C2. The molecule has 0 radical (unpaired) electrons. The Morgan fingerprint density at radius 1 is 1.32 bits per heavy atom. The first-order valence-electron chi connectivity index (χ1n) is 7.37. The Hall–Kier alpha value is -2.49. The van der Waals surface area contributed by atoms with Gasteiger partial charge in [-0.2, -0.15) is 13.2 Å². The molecule has 2 aromatic rings. The van der Waals surface area contributed by atoms with Gasteiger partial charge in [0, 0.05) is 6.54 Å². The number of aromatic nitrogens is 3. The molecule has 0 saturated heterocycles. The third-order valence-corrected chi connectivity index (χ3v) is 4.11. The Bertz CT molecular complexity index is 818. The van der Waals surface area contributed by atoms with Crippen LogP contribution in [0.25, 0.3) is 0 Å². The van der Waals surface area contributed by atoms with E-state index in [0.717, 1.165) is 12.1 Å². The Labute approximate surface area is 139 Å². The molecule has 0 fully saturated rings. The first-order chi connectivity index (χ1) is 11.6. The van der Waals surface area contributed by atoms with E-state index in [9.17, 15) is 27.5 Å². The summed E-state index contributed by atoms with van der Waals surface area (Å²) in [5, 5.41) is 17.2. The summed E-state index contributed by atoms with van der Waals surface area (Å²) in [6.07, 6.45) is -4.68. The van der Waals surface area contributed by atoms with Crippen LogP contribution in [0.2, 0.25) is 0 Å². The van der Waals surface area contributed by atoms with Crippen molar-refractivity contribution in [1.29, 1.82) is 0 Å². The summed E-state index contributed by atoms with van der Waals surface area (Å²) in [7, 11) is 0. The van der Waals surface area contributed by atoms with Crippen LogP contribution in [-0.4, -0.2) is 36.8 Å². The molecule has 3 rings (SSSR count). The van der Waals surface area contributed by atoms with Gasteiger partial charge in [0.25, 0.3) is 0 Å². The van der Waals surface area contributed by atoms with E-state index < -0.39 is 29.6 Å². The highest BCUT2D eigenvalue weighted by molar-refractivity contribution is 5.73. The molecular weight excluding hydrogens is 344 g/mol. The number of hydrogen-bond acceptors (Lipinski definition) is 4. The van der Waals surface area contributed by atoms with E-state index in [-0.39, 0.29) is 25.2 Å².